The number of benzene rings is 1. The van der Waals surface area contributed by atoms with Crippen molar-refractivity contribution >= 4 is 0 Å². The van der Waals surface area contributed by atoms with Crippen LogP contribution in [0.2, 0.25) is 0 Å². The highest BCUT2D eigenvalue weighted by molar-refractivity contribution is 5.27. The smallest absolute Gasteiger partial charge is 0.175 e. The molecule has 6 atom stereocenters. The van der Waals surface area contributed by atoms with Gasteiger partial charge in [-0.1, -0.05) is 46.2 Å². The molecule has 0 radical (unpaired) electrons. The first kappa shape index (κ1) is 25.9. The van der Waals surface area contributed by atoms with Crippen molar-refractivity contribution < 1.29 is 23.8 Å². The van der Waals surface area contributed by atoms with E-state index in [1.807, 2.05) is 12.1 Å². The Morgan fingerprint density at radius 1 is 1.03 bits per heavy atom. The highest BCUT2D eigenvalue weighted by atomic mass is 16.8. The predicted octanol–water partition coefficient (Wildman–Crippen LogP) is 5.53. The van der Waals surface area contributed by atoms with E-state index in [0.29, 0.717) is 19.8 Å². The van der Waals surface area contributed by atoms with Gasteiger partial charge in [-0.3, -0.25) is 4.84 Å². The van der Waals surface area contributed by atoms with Crippen LogP contribution < -0.4 is 4.74 Å². The minimum atomic E-state index is -0.531. The predicted molar refractivity (Wildman–Crippen MR) is 133 cm³/mol. The second-order valence-electron chi connectivity index (χ2n) is 10.9. The zero-order valence-corrected chi connectivity index (χ0v) is 22.1. The monoisotopic (exact) mass is 475 g/mol. The molecule has 0 amide bonds. The van der Waals surface area contributed by atoms with Gasteiger partial charge in [0.1, 0.15) is 18.5 Å². The van der Waals surface area contributed by atoms with Crippen molar-refractivity contribution in [1.29, 1.82) is 0 Å². The van der Waals surface area contributed by atoms with Gasteiger partial charge in [0.05, 0.1) is 31.5 Å². The maximum atomic E-state index is 6.68. The van der Waals surface area contributed by atoms with Gasteiger partial charge in [0.2, 0.25) is 0 Å². The summed E-state index contributed by atoms with van der Waals surface area (Å²) in [5.74, 6) is 0.556. The van der Waals surface area contributed by atoms with E-state index < -0.39 is 5.79 Å². The number of ether oxygens (including phenoxy) is 4. The Kier molecular flexibility index (Phi) is 7.95. The van der Waals surface area contributed by atoms with Gasteiger partial charge in [0, 0.05) is 17.9 Å². The van der Waals surface area contributed by atoms with Crippen LogP contribution in [0.4, 0.5) is 0 Å². The second kappa shape index (κ2) is 10.4. The molecule has 3 aliphatic rings. The number of epoxide rings is 1. The third-order valence-corrected chi connectivity index (χ3v) is 8.51. The Morgan fingerprint density at radius 2 is 1.76 bits per heavy atom. The van der Waals surface area contributed by atoms with Crippen molar-refractivity contribution in [3.63, 3.8) is 0 Å². The van der Waals surface area contributed by atoms with E-state index in [9.17, 15) is 0 Å². The minimum absolute atomic E-state index is 0.166. The second-order valence-corrected chi connectivity index (χ2v) is 10.9. The van der Waals surface area contributed by atoms with E-state index in [0.717, 1.165) is 50.9 Å². The average Bonchev–Trinajstić information content (AvgIpc) is 3.59. The molecule has 192 valence electrons. The van der Waals surface area contributed by atoms with Crippen molar-refractivity contribution in [1.82, 2.24) is 5.06 Å². The molecule has 0 saturated carbocycles. The molecule has 6 nitrogen and oxygen atoms in total. The summed E-state index contributed by atoms with van der Waals surface area (Å²) in [4.78, 5) is 6.64. The highest BCUT2D eigenvalue weighted by Gasteiger charge is 2.63. The maximum Gasteiger partial charge on any atom is 0.175 e. The molecule has 0 aromatic heterocycles. The van der Waals surface area contributed by atoms with Crippen LogP contribution >= 0.6 is 0 Å². The van der Waals surface area contributed by atoms with Gasteiger partial charge in [-0.15, -0.1) is 0 Å². The summed E-state index contributed by atoms with van der Waals surface area (Å²) >= 11 is 0. The molecule has 3 heterocycles. The van der Waals surface area contributed by atoms with Gasteiger partial charge in [0.15, 0.2) is 5.79 Å². The van der Waals surface area contributed by atoms with Crippen LogP contribution in [0.5, 0.6) is 5.75 Å². The Labute approximate surface area is 206 Å². The summed E-state index contributed by atoms with van der Waals surface area (Å²) in [7, 11) is 0. The van der Waals surface area contributed by atoms with Crippen LogP contribution in [0.3, 0.4) is 0 Å². The molecule has 0 bridgehead atoms. The van der Waals surface area contributed by atoms with Gasteiger partial charge < -0.3 is 18.9 Å². The quantitative estimate of drug-likeness (QED) is 0.392. The van der Waals surface area contributed by atoms with E-state index in [2.05, 4.69) is 58.7 Å². The van der Waals surface area contributed by atoms with Gasteiger partial charge in [0.25, 0.3) is 0 Å². The van der Waals surface area contributed by atoms with Crippen LogP contribution in [0.15, 0.2) is 24.3 Å². The topological polar surface area (TPSA) is 52.7 Å². The van der Waals surface area contributed by atoms with Crippen molar-refractivity contribution in [2.24, 2.45) is 5.92 Å². The largest absolute Gasteiger partial charge is 0.491 e. The number of nitrogens with zero attached hydrogens (tertiary/aromatic N) is 1. The molecule has 1 aromatic carbocycles. The molecular formula is C28H45NO5. The van der Waals surface area contributed by atoms with Crippen LogP contribution in [-0.4, -0.2) is 60.6 Å². The summed E-state index contributed by atoms with van der Waals surface area (Å²) in [6.07, 6.45) is 6.26. The first-order valence-electron chi connectivity index (χ1n) is 13.4. The number of hydrogen-bond acceptors (Lipinski definition) is 6. The Morgan fingerprint density at radius 3 is 2.38 bits per heavy atom. The zero-order valence-electron chi connectivity index (χ0n) is 22.1. The molecule has 4 rings (SSSR count). The van der Waals surface area contributed by atoms with Crippen LogP contribution in [-0.2, 0) is 25.5 Å². The Balaban J connectivity index is 1.42. The van der Waals surface area contributed by atoms with E-state index in [-0.39, 0.29) is 29.2 Å². The van der Waals surface area contributed by atoms with Gasteiger partial charge >= 0.3 is 0 Å². The molecule has 1 spiro atoms. The summed E-state index contributed by atoms with van der Waals surface area (Å²) in [5.41, 5.74) is 0.894. The lowest BCUT2D eigenvalue weighted by Crippen LogP contribution is -2.71. The van der Waals surface area contributed by atoms with E-state index in [1.165, 1.54) is 5.56 Å². The maximum absolute atomic E-state index is 6.68. The molecule has 0 aliphatic carbocycles. The van der Waals surface area contributed by atoms with Gasteiger partial charge in [-0.25, -0.2) is 0 Å². The zero-order chi connectivity index (χ0) is 24.4. The normalized spacial score (nSPS) is 37.9. The third-order valence-electron chi connectivity index (χ3n) is 8.51. The number of hydroxylamine groups is 2. The summed E-state index contributed by atoms with van der Waals surface area (Å²) in [5, 5.41) is 2.31. The molecule has 6 unspecified atom stereocenters. The molecule has 6 heteroatoms. The number of rotatable bonds is 11. The molecular weight excluding hydrogens is 430 g/mol. The Hall–Kier alpha value is -1.18. The van der Waals surface area contributed by atoms with Crippen LogP contribution in [0, 0.1) is 5.92 Å². The fraction of sp³-hybridized carbons (Fsp3) is 0.786. The highest BCUT2D eigenvalue weighted by Crippen LogP contribution is 2.54. The Bertz CT molecular complexity index is 798. The molecule has 3 aliphatic heterocycles. The van der Waals surface area contributed by atoms with E-state index in [1.54, 1.807) is 0 Å². The lowest BCUT2D eigenvalue weighted by Gasteiger charge is -2.61. The van der Waals surface area contributed by atoms with Gasteiger partial charge in [-0.2, -0.15) is 5.06 Å². The van der Waals surface area contributed by atoms with Crippen molar-refractivity contribution in [3.8, 4) is 5.75 Å². The summed E-state index contributed by atoms with van der Waals surface area (Å²) in [6.45, 7) is 16.4. The van der Waals surface area contributed by atoms with E-state index in [4.69, 9.17) is 23.8 Å². The fourth-order valence-corrected chi connectivity index (χ4v) is 5.77. The molecule has 0 N–H and O–H groups in total. The molecule has 1 aromatic rings. The summed E-state index contributed by atoms with van der Waals surface area (Å²) < 4.78 is 24.2. The third kappa shape index (κ3) is 5.17. The average molecular weight is 476 g/mol. The SMILES string of the molecule is CCCC1COC2(CC(C)(CC)N(OCCc3ccc(OCC4CO4)cc3)C(C)(CC)C2C)O1. The fourth-order valence-electron chi connectivity index (χ4n) is 5.77. The van der Waals surface area contributed by atoms with Crippen molar-refractivity contribution in [2.75, 3.05) is 26.4 Å². The number of hydrogen-bond donors (Lipinski definition) is 0. The standard InChI is InChI=1S/C28H45NO5/c1-7-10-24-19-32-28(34-24)20-26(5,8-2)29(27(6,9-3)21(28)4)33-16-15-22-11-13-23(14-12-22)30-17-25-18-31-25/h11-14,21,24-25H,7-10,15-20H2,1-6H3. The minimum Gasteiger partial charge on any atom is -0.491 e. The van der Waals surface area contributed by atoms with Crippen molar-refractivity contribution in [2.45, 2.75) is 109 Å². The lowest BCUT2D eigenvalue weighted by atomic mass is 9.67. The van der Waals surface area contributed by atoms with Gasteiger partial charge in [-0.05, 0) is 57.2 Å². The molecule has 3 saturated heterocycles. The lowest BCUT2D eigenvalue weighted by molar-refractivity contribution is -0.368. The summed E-state index contributed by atoms with van der Waals surface area (Å²) in [6, 6.07) is 8.34. The van der Waals surface area contributed by atoms with Crippen molar-refractivity contribution in [3.05, 3.63) is 29.8 Å². The molecule has 34 heavy (non-hydrogen) atoms. The van der Waals surface area contributed by atoms with Crippen LogP contribution in [0.1, 0.15) is 79.2 Å². The first-order valence-corrected chi connectivity index (χ1v) is 13.4. The van der Waals surface area contributed by atoms with E-state index >= 15 is 0 Å². The molecule has 3 fully saturated rings. The first-order chi connectivity index (χ1) is 16.3. The number of piperidine rings is 1. The van der Waals surface area contributed by atoms with Crippen LogP contribution in [0.25, 0.3) is 0 Å².